The van der Waals surface area contributed by atoms with E-state index >= 15 is 0 Å². The van der Waals surface area contributed by atoms with Gasteiger partial charge in [-0.1, -0.05) is 31.8 Å². The van der Waals surface area contributed by atoms with Crippen LogP contribution in [-0.4, -0.2) is 10.9 Å². The molecular formula is C21H35NO. The number of rotatable bonds is 1. The lowest BCUT2D eigenvalue weighted by Gasteiger charge is -2.60. The molecule has 0 bridgehead atoms. The van der Waals surface area contributed by atoms with Gasteiger partial charge in [-0.05, 0) is 92.8 Å². The number of hydrogen-bond acceptors (Lipinski definition) is 2. The lowest BCUT2D eigenvalue weighted by Crippen LogP contribution is -2.53. The van der Waals surface area contributed by atoms with Crippen molar-refractivity contribution in [1.82, 2.24) is 0 Å². The number of oxime groups is 1. The van der Waals surface area contributed by atoms with Crippen molar-refractivity contribution < 1.29 is 5.21 Å². The SMILES string of the molecule is C/C(=N\O)[C@H]1CCC2C3CCC4CCCC[C@]4(C)C3CC[C@@]21C. The van der Waals surface area contributed by atoms with E-state index in [4.69, 9.17) is 0 Å². The third kappa shape index (κ3) is 2.15. The van der Waals surface area contributed by atoms with Crippen LogP contribution in [0.3, 0.4) is 0 Å². The normalized spacial score (nSPS) is 53.3. The Kier molecular flexibility index (Phi) is 3.81. The molecule has 4 saturated carbocycles. The molecule has 0 heterocycles. The van der Waals surface area contributed by atoms with E-state index in [1.807, 2.05) is 6.92 Å². The highest BCUT2D eigenvalue weighted by Gasteiger charge is 2.59. The standard InChI is InChI=1S/C21H35NO/c1-14(22-23)17-9-10-18-16-8-7-15-6-4-5-12-20(15,2)19(16)11-13-21(17,18)3/h15-19,23H,4-13H2,1-3H3/b22-14+/t15?,16?,17-,18?,19?,20+,21-/m1/s1. The maximum Gasteiger partial charge on any atom is 0.0576 e. The van der Waals surface area contributed by atoms with E-state index in [0.717, 1.165) is 29.4 Å². The second kappa shape index (κ2) is 5.49. The van der Waals surface area contributed by atoms with E-state index in [9.17, 15) is 5.21 Å². The van der Waals surface area contributed by atoms with Crippen LogP contribution in [0, 0.1) is 40.4 Å². The van der Waals surface area contributed by atoms with E-state index in [1.165, 1.54) is 64.2 Å². The first-order valence-electron chi connectivity index (χ1n) is 10.2. The Labute approximate surface area is 142 Å². The fraction of sp³-hybridized carbons (Fsp3) is 0.952. The van der Waals surface area contributed by atoms with Gasteiger partial charge in [0.1, 0.15) is 0 Å². The van der Waals surface area contributed by atoms with Crippen molar-refractivity contribution in [1.29, 1.82) is 0 Å². The summed E-state index contributed by atoms with van der Waals surface area (Å²) in [4.78, 5) is 0. The van der Waals surface area contributed by atoms with Crippen LogP contribution in [0.4, 0.5) is 0 Å². The van der Waals surface area contributed by atoms with Crippen LogP contribution in [0.25, 0.3) is 0 Å². The van der Waals surface area contributed by atoms with Crippen molar-refractivity contribution in [2.75, 3.05) is 0 Å². The highest BCUT2D eigenvalue weighted by molar-refractivity contribution is 5.84. The lowest BCUT2D eigenvalue weighted by atomic mass is 9.45. The zero-order valence-corrected chi connectivity index (χ0v) is 15.4. The van der Waals surface area contributed by atoms with Gasteiger partial charge < -0.3 is 5.21 Å². The molecule has 0 aliphatic heterocycles. The second-order valence-electron chi connectivity index (χ2n) is 9.82. The Hall–Kier alpha value is -0.530. The summed E-state index contributed by atoms with van der Waals surface area (Å²) >= 11 is 0. The van der Waals surface area contributed by atoms with Crippen molar-refractivity contribution in [3.8, 4) is 0 Å². The van der Waals surface area contributed by atoms with Crippen molar-refractivity contribution in [2.24, 2.45) is 45.6 Å². The molecule has 4 fully saturated rings. The minimum atomic E-state index is 0.398. The van der Waals surface area contributed by atoms with Gasteiger partial charge in [-0.2, -0.15) is 0 Å². The minimum absolute atomic E-state index is 0.398. The Balaban J connectivity index is 1.62. The molecule has 0 aromatic rings. The van der Waals surface area contributed by atoms with E-state index in [1.54, 1.807) is 0 Å². The molecule has 2 heteroatoms. The van der Waals surface area contributed by atoms with Gasteiger partial charge in [0.15, 0.2) is 0 Å². The van der Waals surface area contributed by atoms with Crippen LogP contribution in [0.15, 0.2) is 5.16 Å². The molecule has 0 aromatic heterocycles. The third-order valence-corrected chi connectivity index (χ3v) is 9.25. The van der Waals surface area contributed by atoms with Gasteiger partial charge in [0.2, 0.25) is 0 Å². The zero-order valence-electron chi connectivity index (χ0n) is 15.4. The molecule has 4 rings (SSSR count). The van der Waals surface area contributed by atoms with Crippen LogP contribution in [-0.2, 0) is 0 Å². The van der Waals surface area contributed by atoms with Crippen LogP contribution < -0.4 is 0 Å². The van der Waals surface area contributed by atoms with Crippen molar-refractivity contribution in [3.05, 3.63) is 0 Å². The van der Waals surface area contributed by atoms with Crippen LogP contribution in [0.1, 0.15) is 85.0 Å². The monoisotopic (exact) mass is 317 g/mol. The van der Waals surface area contributed by atoms with Crippen LogP contribution in [0.5, 0.6) is 0 Å². The van der Waals surface area contributed by atoms with Gasteiger partial charge in [0.05, 0.1) is 5.71 Å². The van der Waals surface area contributed by atoms with E-state index < -0.39 is 0 Å². The molecule has 2 nitrogen and oxygen atoms in total. The second-order valence-corrected chi connectivity index (χ2v) is 9.82. The summed E-state index contributed by atoms with van der Waals surface area (Å²) in [5, 5.41) is 12.9. The summed E-state index contributed by atoms with van der Waals surface area (Å²) in [7, 11) is 0. The summed E-state index contributed by atoms with van der Waals surface area (Å²) in [6, 6.07) is 0. The molecule has 0 amide bonds. The van der Waals surface area contributed by atoms with Crippen LogP contribution in [0.2, 0.25) is 0 Å². The number of nitrogens with zero attached hydrogens (tertiary/aromatic N) is 1. The largest absolute Gasteiger partial charge is 0.411 e. The molecule has 130 valence electrons. The average Bonchev–Trinajstić information content (AvgIpc) is 2.91. The number of hydrogen-bond donors (Lipinski definition) is 1. The Morgan fingerprint density at radius 2 is 1.65 bits per heavy atom. The van der Waals surface area contributed by atoms with Crippen molar-refractivity contribution >= 4 is 5.71 Å². The van der Waals surface area contributed by atoms with Gasteiger partial charge in [-0.25, -0.2) is 0 Å². The Morgan fingerprint density at radius 1 is 0.870 bits per heavy atom. The fourth-order valence-corrected chi connectivity index (χ4v) is 8.05. The smallest absolute Gasteiger partial charge is 0.0576 e. The summed E-state index contributed by atoms with van der Waals surface area (Å²) in [5.41, 5.74) is 2.03. The average molecular weight is 318 g/mol. The summed E-state index contributed by atoms with van der Waals surface area (Å²) in [6.07, 6.45) is 14.3. The highest BCUT2D eigenvalue weighted by Crippen LogP contribution is 2.67. The molecule has 1 N–H and O–H groups in total. The fourth-order valence-electron chi connectivity index (χ4n) is 8.05. The van der Waals surface area contributed by atoms with E-state index in [0.29, 0.717) is 16.7 Å². The van der Waals surface area contributed by atoms with Crippen molar-refractivity contribution in [3.63, 3.8) is 0 Å². The third-order valence-electron chi connectivity index (χ3n) is 9.25. The first-order valence-corrected chi connectivity index (χ1v) is 10.2. The maximum absolute atomic E-state index is 9.32. The predicted molar refractivity (Wildman–Crippen MR) is 94.7 cm³/mol. The topological polar surface area (TPSA) is 32.6 Å². The summed E-state index contributed by atoms with van der Waals surface area (Å²) < 4.78 is 0. The molecule has 4 aliphatic carbocycles. The molecule has 0 spiro atoms. The molecule has 0 aromatic carbocycles. The molecule has 4 aliphatic rings. The predicted octanol–water partition coefficient (Wildman–Crippen LogP) is 5.89. The quantitative estimate of drug-likeness (QED) is 0.365. The van der Waals surface area contributed by atoms with Crippen molar-refractivity contribution in [2.45, 2.75) is 85.0 Å². The van der Waals surface area contributed by atoms with Gasteiger partial charge in [-0.3, -0.25) is 0 Å². The lowest BCUT2D eigenvalue weighted by molar-refractivity contribution is -0.106. The number of fused-ring (bicyclic) bond motifs is 5. The van der Waals surface area contributed by atoms with Gasteiger partial charge in [-0.15, -0.1) is 0 Å². The molecule has 0 saturated heterocycles. The van der Waals surface area contributed by atoms with Gasteiger partial charge in [0, 0.05) is 5.92 Å². The maximum atomic E-state index is 9.32. The Bertz CT molecular complexity index is 500. The molecule has 0 radical (unpaired) electrons. The first-order chi connectivity index (χ1) is 11.0. The van der Waals surface area contributed by atoms with E-state index in [2.05, 4.69) is 19.0 Å². The molecular weight excluding hydrogens is 282 g/mol. The van der Waals surface area contributed by atoms with Gasteiger partial charge >= 0.3 is 0 Å². The Morgan fingerprint density at radius 3 is 2.43 bits per heavy atom. The molecule has 4 unspecified atom stereocenters. The molecule has 7 atom stereocenters. The summed E-state index contributed by atoms with van der Waals surface area (Å²) in [5.74, 6) is 4.34. The zero-order chi connectivity index (χ0) is 16.2. The van der Waals surface area contributed by atoms with Crippen LogP contribution >= 0.6 is 0 Å². The van der Waals surface area contributed by atoms with E-state index in [-0.39, 0.29) is 0 Å². The highest BCUT2D eigenvalue weighted by atomic mass is 16.4. The first kappa shape index (κ1) is 16.0. The molecule has 23 heavy (non-hydrogen) atoms. The van der Waals surface area contributed by atoms with Gasteiger partial charge in [0.25, 0.3) is 0 Å². The minimum Gasteiger partial charge on any atom is -0.411 e. The summed E-state index contributed by atoms with van der Waals surface area (Å²) in [6.45, 7) is 7.22.